The molecule has 0 aromatic rings. The highest BCUT2D eigenvalue weighted by atomic mass is 29.6. The summed E-state index contributed by atoms with van der Waals surface area (Å²) >= 11 is 0. The second-order valence-corrected chi connectivity index (χ2v) is 36.5. The minimum absolute atomic E-state index is 0.290. The fraction of sp³-hybridized carbons (Fsp3) is 0.870. The minimum atomic E-state index is -1.44. The summed E-state index contributed by atoms with van der Waals surface area (Å²) in [6.45, 7) is 40.8. The lowest BCUT2D eigenvalue weighted by atomic mass is 9.89. The summed E-state index contributed by atoms with van der Waals surface area (Å²) in [4.78, 5) is 0. The van der Waals surface area contributed by atoms with Crippen molar-refractivity contribution in [2.45, 2.75) is 119 Å². The van der Waals surface area contributed by atoms with Gasteiger partial charge in [0.1, 0.15) is 0 Å². The van der Waals surface area contributed by atoms with E-state index in [1.165, 1.54) is 0 Å². The highest BCUT2D eigenvalue weighted by Gasteiger charge is 2.56. The van der Waals surface area contributed by atoms with Gasteiger partial charge in [-0.05, 0) is 37.2 Å². The van der Waals surface area contributed by atoms with E-state index in [4.69, 9.17) is 0 Å². The summed E-state index contributed by atoms with van der Waals surface area (Å²) in [5, 5.41) is 2.84. The third kappa shape index (κ3) is 4.15. The maximum atomic E-state index is 2.73. The van der Waals surface area contributed by atoms with E-state index < -0.39 is 22.6 Å². The Morgan fingerprint density at radius 3 is 0.885 bits per heavy atom. The zero-order chi connectivity index (χ0) is 21.3. The lowest BCUT2D eigenvalue weighted by molar-refractivity contribution is 0.502. The first-order valence-electron chi connectivity index (χ1n) is 10.5. The molecule has 1 rings (SSSR count). The summed E-state index contributed by atoms with van der Waals surface area (Å²) in [7, 11) is -3.43. The molecule has 1 aliphatic rings. The number of rotatable bonds is 2. The van der Waals surface area contributed by atoms with Gasteiger partial charge in [0.25, 0.3) is 0 Å². The van der Waals surface area contributed by atoms with Gasteiger partial charge in [-0.3, -0.25) is 0 Å². The number of hydrogen-bond donors (Lipinski definition) is 0. The molecule has 0 saturated carbocycles. The SMILES string of the molecule is CC(C)(C)C1=C(C(C)(C)C)C1=[Si]([Si](C)(C)C(C)(C)C)[Si](C)(C)C(C)(C)C. The van der Waals surface area contributed by atoms with E-state index in [0.717, 1.165) is 0 Å². The van der Waals surface area contributed by atoms with E-state index >= 15 is 0 Å². The van der Waals surface area contributed by atoms with Crippen LogP contribution in [0.25, 0.3) is 0 Å². The topological polar surface area (TPSA) is 0 Å². The molecule has 1 aliphatic carbocycles. The van der Waals surface area contributed by atoms with Crippen LogP contribution in [0, 0.1) is 10.8 Å². The van der Waals surface area contributed by atoms with Crippen LogP contribution in [0.3, 0.4) is 0 Å². The number of hydrogen-bond acceptors (Lipinski definition) is 0. The van der Waals surface area contributed by atoms with Crippen molar-refractivity contribution < 1.29 is 0 Å². The van der Waals surface area contributed by atoms with Crippen molar-refractivity contribution in [1.29, 1.82) is 0 Å². The van der Waals surface area contributed by atoms with E-state index in [0.29, 0.717) is 20.9 Å². The zero-order valence-electron chi connectivity index (χ0n) is 21.0. The van der Waals surface area contributed by atoms with Crippen LogP contribution < -0.4 is 0 Å². The average Bonchev–Trinajstić information content (AvgIpc) is 2.99. The van der Waals surface area contributed by atoms with Crippen molar-refractivity contribution in [3.05, 3.63) is 11.1 Å². The zero-order valence-corrected chi connectivity index (χ0v) is 24.0. The molecule has 0 atom stereocenters. The van der Waals surface area contributed by atoms with Crippen LogP contribution in [0.15, 0.2) is 11.1 Å². The molecule has 0 aliphatic heterocycles. The average molecular weight is 409 g/mol. The van der Waals surface area contributed by atoms with Gasteiger partial charge in [-0.25, -0.2) is 0 Å². The van der Waals surface area contributed by atoms with Crippen LogP contribution in [0.5, 0.6) is 0 Å². The fourth-order valence-electron chi connectivity index (χ4n) is 4.09. The maximum Gasteiger partial charge on any atom is 0.0612 e. The quantitative estimate of drug-likeness (QED) is 0.408. The molecular weight excluding hydrogens is 361 g/mol. The molecule has 0 saturated heterocycles. The monoisotopic (exact) mass is 408 g/mol. The van der Waals surface area contributed by atoms with Gasteiger partial charge in [-0.1, -0.05) is 109 Å². The number of allylic oxidation sites excluding steroid dienone is 2. The largest absolute Gasteiger partial charge is 0.0687 e. The predicted molar refractivity (Wildman–Crippen MR) is 131 cm³/mol. The fourth-order valence-corrected chi connectivity index (χ4v) is 45.1. The Balaban J connectivity index is 3.94. The van der Waals surface area contributed by atoms with Gasteiger partial charge >= 0.3 is 0 Å². The molecule has 0 nitrogen and oxygen atoms in total. The van der Waals surface area contributed by atoms with Crippen molar-refractivity contribution in [2.75, 3.05) is 0 Å². The van der Waals surface area contributed by atoms with Crippen molar-refractivity contribution in [3.8, 4) is 0 Å². The highest BCUT2D eigenvalue weighted by Crippen LogP contribution is 2.54. The van der Waals surface area contributed by atoms with Crippen molar-refractivity contribution >= 4 is 27.8 Å². The third-order valence-corrected chi connectivity index (χ3v) is 43.2. The lowest BCUT2D eigenvalue weighted by Crippen LogP contribution is -2.65. The molecule has 0 aromatic heterocycles. The van der Waals surface area contributed by atoms with Gasteiger partial charge in [0.15, 0.2) is 0 Å². The summed E-state index contributed by atoms with van der Waals surface area (Å²) in [5.74, 6) is 0. The van der Waals surface area contributed by atoms with Crippen molar-refractivity contribution in [2.24, 2.45) is 10.8 Å². The molecule has 0 radical (unpaired) electrons. The van der Waals surface area contributed by atoms with Crippen LogP contribution in [0.2, 0.25) is 36.3 Å². The lowest BCUT2D eigenvalue weighted by Gasteiger charge is -2.49. The second-order valence-electron chi connectivity index (χ2n) is 13.8. The Labute approximate surface area is 169 Å². The summed E-state index contributed by atoms with van der Waals surface area (Å²) in [6, 6.07) is 0. The Bertz CT molecular complexity index is 577. The molecule has 0 fully saturated rings. The molecule has 3 heteroatoms. The minimum Gasteiger partial charge on any atom is -0.0687 e. The molecule has 0 spiro atoms. The standard InChI is InChI=1S/C23H48Si3/c1-20(2,3)17-18(21(4,5)6)19(17)24(25(13,14)22(7,8)9)26(15,16)23(10,11)12/h1-16H3. The van der Waals surface area contributed by atoms with Crippen molar-refractivity contribution in [1.82, 2.24) is 0 Å². The summed E-state index contributed by atoms with van der Waals surface area (Å²) in [5.41, 5.74) is 4.12. The second kappa shape index (κ2) is 6.38. The Hall–Kier alpha value is 0.261. The Morgan fingerprint density at radius 1 is 0.500 bits per heavy atom. The highest BCUT2D eigenvalue weighted by molar-refractivity contribution is 7.63. The van der Waals surface area contributed by atoms with E-state index in [1.807, 2.05) is 5.17 Å². The van der Waals surface area contributed by atoms with Crippen molar-refractivity contribution in [3.63, 3.8) is 0 Å². The van der Waals surface area contributed by atoms with Crippen LogP contribution >= 0.6 is 0 Å². The molecule has 0 unspecified atom stereocenters. The smallest absolute Gasteiger partial charge is 0.0612 e. The molecule has 0 aromatic carbocycles. The molecule has 0 N–H and O–H groups in total. The van der Waals surface area contributed by atoms with Crippen LogP contribution in [-0.4, -0.2) is 27.8 Å². The maximum absolute atomic E-state index is 2.73. The first-order valence-corrected chi connectivity index (χ1v) is 20.0. The van der Waals surface area contributed by atoms with E-state index in [-0.39, 0.29) is 0 Å². The molecule has 152 valence electrons. The molecule has 0 bridgehead atoms. The summed E-state index contributed by atoms with van der Waals surface area (Å²) < 4.78 is 0. The Morgan fingerprint density at radius 2 is 0.731 bits per heavy atom. The first kappa shape index (κ1) is 24.3. The van der Waals surface area contributed by atoms with Gasteiger partial charge in [0.05, 0.1) is 15.2 Å². The van der Waals surface area contributed by atoms with Gasteiger partial charge < -0.3 is 0 Å². The van der Waals surface area contributed by atoms with Gasteiger partial charge in [0.2, 0.25) is 0 Å². The summed E-state index contributed by atoms with van der Waals surface area (Å²) in [6.07, 6.45) is 0. The van der Waals surface area contributed by atoms with Gasteiger partial charge in [-0.15, -0.1) is 0 Å². The molecule has 0 heterocycles. The molecular formula is C23H48Si3. The third-order valence-electron chi connectivity index (χ3n) is 7.44. The van der Waals surface area contributed by atoms with E-state index in [2.05, 4.69) is 109 Å². The van der Waals surface area contributed by atoms with Crippen LogP contribution in [0.4, 0.5) is 0 Å². The molecule has 0 amide bonds. The predicted octanol–water partition coefficient (Wildman–Crippen LogP) is 7.81. The van der Waals surface area contributed by atoms with E-state index in [9.17, 15) is 0 Å². The van der Waals surface area contributed by atoms with Crippen LogP contribution in [-0.2, 0) is 0 Å². The van der Waals surface area contributed by atoms with Gasteiger partial charge in [-0.2, -0.15) is 0 Å². The Kier molecular flexibility index (Phi) is 5.97. The van der Waals surface area contributed by atoms with Gasteiger partial charge in [0, 0.05) is 7.44 Å². The normalized spacial score (nSPS) is 17.8. The van der Waals surface area contributed by atoms with E-state index in [1.54, 1.807) is 11.1 Å². The van der Waals surface area contributed by atoms with Crippen LogP contribution in [0.1, 0.15) is 83.1 Å². The first-order chi connectivity index (χ1) is 11.0. The molecule has 26 heavy (non-hydrogen) atoms.